The monoisotopic (exact) mass is 419 g/mol. The maximum absolute atomic E-state index is 12.7. The number of carbonyl (C=O) groups excluding carboxylic acids is 1. The molecule has 0 spiro atoms. The zero-order valence-electron chi connectivity index (χ0n) is 18.5. The summed E-state index contributed by atoms with van der Waals surface area (Å²) in [6.07, 6.45) is 7.59. The summed E-state index contributed by atoms with van der Waals surface area (Å²) in [6.45, 7) is 0. The Hall–Kier alpha value is -3.26. The summed E-state index contributed by atoms with van der Waals surface area (Å²) in [5.41, 5.74) is 6.43. The van der Waals surface area contributed by atoms with Crippen molar-refractivity contribution in [3.63, 3.8) is 0 Å². The summed E-state index contributed by atoms with van der Waals surface area (Å²) in [6, 6.07) is 29.3. The topological polar surface area (TPSA) is 30.0 Å². The fraction of sp³-hybridized carbons (Fsp3) is 0.267. The Kier molecular flexibility index (Phi) is 6.11. The van der Waals surface area contributed by atoms with Crippen molar-refractivity contribution in [3.8, 4) is 22.4 Å². The highest BCUT2D eigenvalue weighted by Crippen LogP contribution is 2.34. The summed E-state index contributed by atoms with van der Waals surface area (Å²) in [5, 5.41) is 1.09. The third-order valence-electron chi connectivity index (χ3n) is 6.65. The van der Waals surface area contributed by atoms with Gasteiger partial charge in [0.15, 0.2) is 0 Å². The highest BCUT2D eigenvalue weighted by atomic mass is 16.1. The molecular formula is C30H29NO. The lowest BCUT2D eigenvalue weighted by molar-refractivity contribution is -0.119. The van der Waals surface area contributed by atoms with E-state index >= 15 is 0 Å². The van der Waals surface area contributed by atoms with Crippen molar-refractivity contribution < 1.29 is 4.79 Å². The first kappa shape index (κ1) is 20.6. The standard InChI is InChI=1S/C30H29NO/c32-27(19-22-10-4-1-5-11-22)20-23-16-17-29-26(18-23)21-28(24-12-6-2-7-13-24)30(31-29)25-14-8-3-9-15-25/h2-3,6-9,12-18,21-22H,1,4-5,10-11,19-20H2. The zero-order chi connectivity index (χ0) is 21.8. The number of hydrogen-bond donors (Lipinski definition) is 0. The zero-order valence-corrected chi connectivity index (χ0v) is 18.5. The second-order valence-electron chi connectivity index (χ2n) is 9.07. The number of pyridine rings is 1. The van der Waals surface area contributed by atoms with Crippen LogP contribution in [0, 0.1) is 5.92 Å². The molecule has 0 radical (unpaired) electrons. The van der Waals surface area contributed by atoms with E-state index in [0.717, 1.165) is 45.3 Å². The Morgan fingerprint density at radius 3 is 2.19 bits per heavy atom. The second-order valence-corrected chi connectivity index (χ2v) is 9.07. The fourth-order valence-corrected chi connectivity index (χ4v) is 5.00. The summed E-state index contributed by atoms with van der Waals surface area (Å²) >= 11 is 0. The van der Waals surface area contributed by atoms with Crippen LogP contribution < -0.4 is 0 Å². The Bertz CT molecular complexity index is 1210. The third-order valence-corrected chi connectivity index (χ3v) is 6.65. The van der Waals surface area contributed by atoms with Crippen LogP contribution in [0.25, 0.3) is 33.3 Å². The van der Waals surface area contributed by atoms with Gasteiger partial charge >= 0.3 is 0 Å². The minimum Gasteiger partial charge on any atom is -0.299 e. The molecule has 1 heterocycles. The van der Waals surface area contributed by atoms with Crippen LogP contribution in [-0.4, -0.2) is 10.8 Å². The van der Waals surface area contributed by atoms with Crippen molar-refractivity contribution in [3.05, 3.63) is 90.5 Å². The van der Waals surface area contributed by atoms with Crippen molar-refractivity contribution in [2.24, 2.45) is 5.92 Å². The lowest BCUT2D eigenvalue weighted by Crippen LogP contribution is -2.13. The lowest BCUT2D eigenvalue weighted by Gasteiger charge is -2.20. The molecule has 0 unspecified atom stereocenters. The van der Waals surface area contributed by atoms with E-state index in [1.54, 1.807) is 0 Å². The van der Waals surface area contributed by atoms with Gasteiger partial charge in [-0.2, -0.15) is 0 Å². The van der Waals surface area contributed by atoms with Gasteiger partial charge in [0.05, 0.1) is 11.2 Å². The predicted molar refractivity (Wildman–Crippen MR) is 133 cm³/mol. The number of hydrogen-bond acceptors (Lipinski definition) is 2. The number of Topliss-reactive ketones (excluding diaryl/α,β-unsaturated/α-hetero) is 1. The first-order valence-corrected chi connectivity index (χ1v) is 11.8. The number of rotatable bonds is 6. The van der Waals surface area contributed by atoms with Crippen molar-refractivity contribution in [1.29, 1.82) is 0 Å². The second kappa shape index (κ2) is 9.48. The van der Waals surface area contributed by atoms with Gasteiger partial charge in [-0.1, -0.05) is 98.8 Å². The van der Waals surface area contributed by atoms with E-state index in [9.17, 15) is 4.79 Å². The molecule has 2 heteroatoms. The molecule has 0 atom stereocenters. The minimum absolute atomic E-state index is 0.369. The molecule has 0 aliphatic heterocycles. The van der Waals surface area contributed by atoms with Gasteiger partial charge in [-0.15, -0.1) is 0 Å². The van der Waals surface area contributed by atoms with Crippen LogP contribution in [0.2, 0.25) is 0 Å². The van der Waals surface area contributed by atoms with E-state index in [-0.39, 0.29) is 0 Å². The van der Waals surface area contributed by atoms with E-state index in [2.05, 4.69) is 72.8 Å². The van der Waals surface area contributed by atoms with Gasteiger partial charge in [0.1, 0.15) is 5.78 Å². The molecule has 1 fully saturated rings. The molecule has 4 aromatic rings. The van der Waals surface area contributed by atoms with Gasteiger partial charge in [-0.3, -0.25) is 4.79 Å². The number of ketones is 1. The van der Waals surface area contributed by atoms with Crippen molar-refractivity contribution >= 4 is 16.7 Å². The molecule has 5 rings (SSSR count). The summed E-state index contributed by atoms with van der Waals surface area (Å²) < 4.78 is 0. The van der Waals surface area contributed by atoms with Gasteiger partial charge in [-0.25, -0.2) is 4.98 Å². The molecule has 0 bridgehead atoms. The van der Waals surface area contributed by atoms with Crippen LogP contribution in [0.1, 0.15) is 44.1 Å². The number of fused-ring (bicyclic) bond motifs is 1. The maximum atomic E-state index is 12.7. The summed E-state index contributed by atoms with van der Waals surface area (Å²) in [7, 11) is 0. The Morgan fingerprint density at radius 1 is 0.781 bits per heavy atom. The molecule has 0 amide bonds. The normalized spacial score (nSPS) is 14.5. The molecule has 32 heavy (non-hydrogen) atoms. The molecule has 1 aliphatic rings. The molecule has 0 saturated heterocycles. The first-order valence-electron chi connectivity index (χ1n) is 11.8. The van der Waals surface area contributed by atoms with Crippen LogP contribution in [0.3, 0.4) is 0 Å². The van der Waals surface area contributed by atoms with Crippen LogP contribution in [0.5, 0.6) is 0 Å². The van der Waals surface area contributed by atoms with Gasteiger partial charge < -0.3 is 0 Å². The molecular weight excluding hydrogens is 390 g/mol. The minimum atomic E-state index is 0.369. The largest absolute Gasteiger partial charge is 0.299 e. The quantitative estimate of drug-likeness (QED) is 0.321. The number of carbonyl (C=O) groups is 1. The molecule has 2 nitrogen and oxygen atoms in total. The third kappa shape index (κ3) is 4.65. The highest BCUT2D eigenvalue weighted by Gasteiger charge is 2.18. The van der Waals surface area contributed by atoms with Crippen LogP contribution in [-0.2, 0) is 11.2 Å². The van der Waals surface area contributed by atoms with E-state index in [0.29, 0.717) is 18.1 Å². The molecule has 3 aromatic carbocycles. The first-order chi connectivity index (χ1) is 15.8. The SMILES string of the molecule is O=C(Cc1ccc2nc(-c3ccccc3)c(-c3ccccc3)cc2c1)CC1CCCCC1. The fourth-order valence-electron chi connectivity index (χ4n) is 5.00. The van der Waals surface area contributed by atoms with Crippen molar-refractivity contribution in [2.75, 3.05) is 0 Å². The van der Waals surface area contributed by atoms with E-state index in [1.807, 2.05) is 12.1 Å². The lowest BCUT2D eigenvalue weighted by atomic mass is 9.85. The Labute approximate surface area is 190 Å². The number of nitrogens with zero attached hydrogens (tertiary/aromatic N) is 1. The molecule has 0 N–H and O–H groups in total. The smallest absolute Gasteiger partial charge is 0.137 e. The maximum Gasteiger partial charge on any atom is 0.137 e. The molecule has 1 saturated carbocycles. The summed E-state index contributed by atoms with van der Waals surface area (Å²) in [4.78, 5) is 17.8. The van der Waals surface area contributed by atoms with Gasteiger partial charge in [0.2, 0.25) is 0 Å². The highest BCUT2D eigenvalue weighted by molar-refractivity contribution is 5.92. The molecule has 160 valence electrons. The van der Waals surface area contributed by atoms with Gasteiger partial charge in [0, 0.05) is 29.4 Å². The number of benzene rings is 3. The van der Waals surface area contributed by atoms with E-state index < -0.39 is 0 Å². The Morgan fingerprint density at radius 2 is 1.47 bits per heavy atom. The Balaban J connectivity index is 1.48. The van der Waals surface area contributed by atoms with E-state index in [1.165, 1.54) is 32.1 Å². The van der Waals surface area contributed by atoms with Crippen LogP contribution in [0.15, 0.2) is 84.9 Å². The van der Waals surface area contributed by atoms with Crippen molar-refractivity contribution in [1.82, 2.24) is 4.98 Å². The molecule has 1 aliphatic carbocycles. The average Bonchev–Trinajstić information content (AvgIpc) is 2.85. The van der Waals surface area contributed by atoms with Crippen molar-refractivity contribution in [2.45, 2.75) is 44.9 Å². The predicted octanol–water partition coefficient (Wildman–Crippen LogP) is 7.65. The number of aromatic nitrogens is 1. The van der Waals surface area contributed by atoms with Gasteiger partial charge in [-0.05, 0) is 35.2 Å². The average molecular weight is 420 g/mol. The van der Waals surface area contributed by atoms with Crippen LogP contribution in [0.4, 0.5) is 0 Å². The molecule has 1 aromatic heterocycles. The van der Waals surface area contributed by atoms with E-state index in [4.69, 9.17) is 4.98 Å². The van der Waals surface area contributed by atoms with Gasteiger partial charge in [0.25, 0.3) is 0 Å². The van der Waals surface area contributed by atoms with Crippen LogP contribution >= 0.6 is 0 Å². The summed E-state index contributed by atoms with van der Waals surface area (Å²) in [5.74, 6) is 0.963.